The van der Waals surface area contributed by atoms with Gasteiger partial charge in [-0.05, 0) is 48.4 Å². The van der Waals surface area contributed by atoms with Gasteiger partial charge in [0.2, 0.25) is 0 Å². The summed E-state index contributed by atoms with van der Waals surface area (Å²) in [5, 5.41) is 13.3. The second kappa shape index (κ2) is 8.42. The summed E-state index contributed by atoms with van der Waals surface area (Å²) in [5.41, 5.74) is 2.17. The number of ketones is 1. The first-order valence-electron chi connectivity index (χ1n) is 10.6. The van der Waals surface area contributed by atoms with Crippen molar-refractivity contribution in [1.82, 2.24) is 4.98 Å². The first-order valence-corrected chi connectivity index (χ1v) is 11.5. The van der Waals surface area contributed by atoms with Gasteiger partial charge in [0.1, 0.15) is 17.6 Å². The number of hydrogen-bond acceptors (Lipinski definition) is 8. The average Bonchev–Trinajstić information content (AvgIpc) is 3.56. The van der Waals surface area contributed by atoms with E-state index in [0.717, 1.165) is 11.3 Å². The highest BCUT2D eigenvalue weighted by molar-refractivity contribution is 7.14. The minimum absolute atomic E-state index is 0.0243. The minimum Gasteiger partial charge on any atom is -0.507 e. The number of methoxy groups -OCH3 is 1. The van der Waals surface area contributed by atoms with Crippen molar-refractivity contribution in [2.24, 2.45) is 0 Å². The molecule has 172 valence electrons. The monoisotopic (exact) mass is 476 g/mol. The molecule has 2 aliphatic rings. The zero-order chi connectivity index (χ0) is 24.0. The first-order chi connectivity index (χ1) is 16.4. The summed E-state index contributed by atoms with van der Waals surface area (Å²) in [6.45, 7) is 1.96. The number of rotatable bonds is 4. The second-order valence-corrected chi connectivity index (χ2v) is 8.93. The predicted molar refractivity (Wildman–Crippen MR) is 125 cm³/mol. The molecule has 3 heterocycles. The summed E-state index contributed by atoms with van der Waals surface area (Å²) in [7, 11) is 1.29. The van der Waals surface area contributed by atoms with Gasteiger partial charge in [-0.2, -0.15) is 0 Å². The van der Waals surface area contributed by atoms with Crippen molar-refractivity contribution >= 4 is 39.9 Å². The summed E-state index contributed by atoms with van der Waals surface area (Å²) in [4.78, 5) is 43.6. The first kappa shape index (κ1) is 21.8. The summed E-state index contributed by atoms with van der Waals surface area (Å²) in [6, 6.07) is 10.7. The molecule has 8 nitrogen and oxygen atoms in total. The molecule has 0 spiro atoms. The maximum atomic E-state index is 13.2. The molecule has 1 fully saturated rings. The van der Waals surface area contributed by atoms with Crippen molar-refractivity contribution in [3.05, 3.63) is 81.9 Å². The Balaban J connectivity index is 1.65. The van der Waals surface area contributed by atoms with E-state index in [1.165, 1.54) is 23.3 Å². The number of hydrogen-bond donors (Lipinski definition) is 1. The number of aliphatic hydroxyl groups excluding tert-OH is 1. The summed E-state index contributed by atoms with van der Waals surface area (Å²) in [6.07, 6.45) is 2.25. The van der Waals surface area contributed by atoms with Gasteiger partial charge >= 0.3 is 11.9 Å². The van der Waals surface area contributed by atoms with E-state index in [1.807, 2.05) is 6.92 Å². The van der Waals surface area contributed by atoms with Crippen LogP contribution in [0.25, 0.3) is 5.76 Å². The number of carbonyl (C=O) groups excluding carboxylic acids is 3. The fourth-order valence-corrected chi connectivity index (χ4v) is 4.99. The van der Waals surface area contributed by atoms with Gasteiger partial charge in [-0.3, -0.25) is 14.5 Å². The number of esters is 1. The third kappa shape index (κ3) is 3.54. The highest BCUT2D eigenvalue weighted by atomic mass is 32.1. The number of nitrogens with zero attached hydrogens (tertiary/aromatic N) is 2. The topological polar surface area (TPSA) is 106 Å². The van der Waals surface area contributed by atoms with Crippen LogP contribution >= 0.6 is 11.3 Å². The Labute approximate surface area is 199 Å². The summed E-state index contributed by atoms with van der Waals surface area (Å²) < 4.78 is 10.5. The molecule has 2 aromatic carbocycles. The van der Waals surface area contributed by atoms with E-state index in [9.17, 15) is 19.5 Å². The number of anilines is 1. The largest absolute Gasteiger partial charge is 0.507 e. The highest BCUT2D eigenvalue weighted by Gasteiger charge is 2.48. The number of amides is 1. The zero-order valence-corrected chi connectivity index (χ0v) is 19.2. The molecule has 0 aliphatic carbocycles. The van der Waals surface area contributed by atoms with Crippen molar-refractivity contribution in [2.45, 2.75) is 25.5 Å². The maximum Gasteiger partial charge on any atom is 0.337 e. The van der Waals surface area contributed by atoms with E-state index in [0.29, 0.717) is 28.2 Å². The minimum atomic E-state index is -0.915. The van der Waals surface area contributed by atoms with Crippen LogP contribution in [0.15, 0.2) is 59.6 Å². The van der Waals surface area contributed by atoms with Crippen LogP contribution in [0.1, 0.15) is 40.0 Å². The van der Waals surface area contributed by atoms with E-state index in [-0.39, 0.29) is 17.4 Å². The quantitative estimate of drug-likeness (QED) is 0.264. The average molecular weight is 477 g/mol. The van der Waals surface area contributed by atoms with Crippen molar-refractivity contribution in [3.63, 3.8) is 0 Å². The number of aromatic nitrogens is 1. The smallest absolute Gasteiger partial charge is 0.337 e. The Morgan fingerprint density at radius 3 is 2.59 bits per heavy atom. The van der Waals surface area contributed by atoms with Crippen LogP contribution in [0.3, 0.4) is 0 Å². The lowest BCUT2D eigenvalue weighted by Crippen LogP contribution is -2.29. The van der Waals surface area contributed by atoms with Crippen molar-refractivity contribution in [1.29, 1.82) is 0 Å². The Kier molecular flexibility index (Phi) is 5.41. The van der Waals surface area contributed by atoms with Crippen molar-refractivity contribution in [3.8, 4) is 5.75 Å². The molecule has 34 heavy (non-hydrogen) atoms. The van der Waals surface area contributed by atoms with Gasteiger partial charge < -0.3 is 14.6 Å². The zero-order valence-electron chi connectivity index (χ0n) is 18.3. The molecule has 1 N–H and O–H groups in total. The molecular weight excluding hydrogens is 456 g/mol. The van der Waals surface area contributed by atoms with Gasteiger partial charge in [-0.1, -0.05) is 12.1 Å². The molecule has 0 saturated carbocycles. The summed E-state index contributed by atoms with van der Waals surface area (Å²) >= 11 is 1.21. The molecule has 1 saturated heterocycles. The molecule has 3 aromatic rings. The molecule has 0 radical (unpaired) electrons. The molecule has 2 atom stereocenters. The predicted octanol–water partition coefficient (Wildman–Crippen LogP) is 3.88. The Bertz CT molecular complexity index is 1330. The summed E-state index contributed by atoms with van der Waals surface area (Å²) in [5.74, 6) is -1.63. The third-order valence-electron chi connectivity index (χ3n) is 5.89. The molecule has 5 rings (SSSR count). The molecule has 0 bridgehead atoms. The van der Waals surface area contributed by atoms with Crippen LogP contribution in [0.5, 0.6) is 5.75 Å². The lowest BCUT2D eigenvalue weighted by atomic mass is 9.94. The number of carbonyl (C=O) groups is 3. The molecular formula is C25H20N2O6S. The van der Waals surface area contributed by atoms with Gasteiger partial charge in [0, 0.05) is 23.6 Å². The van der Waals surface area contributed by atoms with Crippen LogP contribution in [0.4, 0.5) is 5.13 Å². The van der Waals surface area contributed by atoms with Gasteiger partial charge in [-0.15, -0.1) is 11.3 Å². The third-order valence-corrected chi connectivity index (χ3v) is 6.66. The van der Waals surface area contributed by atoms with E-state index >= 15 is 0 Å². The van der Waals surface area contributed by atoms with Gasteiger partial charge in [0.15, 0.2) is 5.13 Å². The number of fused-ring (bicyclic) bond motifs is 1. The maximum absolute atomic E-state index is 13.2. The van der Waals surface area contributed by atoms with Crippen LogP contribution in [-0.2, 0) is 20.7 Å². The SMILES string of the molecule is COC(=O)c1ccc(C2C(=C(O)c3ccc4c(c3)CC(C)O4)C(=O)C(=O)N2c2nccs2)cc1. The highest BCUT2D eigenvalue weighted by Crippen LogP contribution is 2.43. The van der Waals surface area contributed by atoms with Crippen molar-refractivity contribution in [2.75, 3.05) is 12.0 Å². The molecule has 9 heteroatoms. The molecule has 2 aliphatic heterocycles. The molecule has 1 amide bonds. The van der Waals surface area contributed by atoms with E-state index < -0.39 is 23.7 Å². The standard InChI is InChI=1S/C25H20N2O6S/c1-13-11-17-12-16(7-8-18(17)33-13)21(28)19-20(14-3-5-15(6-4-14)24(31)32-2)27(23(30)22(19)29)25-26-9-10-34-25/h3-10,12-13,20,28H,11H2,1-2H3. The Hall–Kier alpha value is -3.98. The number of benzene rings is 2. The lowest BCUT2D eigenvalue weighted by Gasteiger charge is -2.23. The second-order valence-electron chi connectivity index (χ2n) is 8.05. The van der Waals surface area contributed by atoms with E-state index in [4.69, 9.17) is 9.47 Å². The molecule has 1 aromatic heterocycles. The van der Waals surface area contributed by atoms with Crippen molar-refractivity contribution < 1.29 is 29.0 Å². The normalized spacial score (nSPS) is 20.8. The fraction of sp³-hybridized carbons (Fsp3) is 0.200. The van der Waals surface area contributed by atoms with Crippen LogP contribution in [0.2, 0.25) is 0 Å². The van der Waals surface area contributed by atoms with Crippen LogP contribution in [-0.4, -0.2) is 41.0 Å². The number of thiazole rings is 1. The Morgan fingerprint density at radius 1 is 1.18 bits per heavy atom. The van der Waals surface area contributed by atoms with Crippen LogP contribution < -0.4 is 9.64 Å². The lowest BCUT2D eigenvalue weighted by molar-refractivity contribution is -0.132. The van der Waals surface area contributed by atoms with E-state index in [1.54, 1.807) is 54.0 Å². The van der Waals surface area contributed by atoms with E-state index in [2.05, 4.69) is 4.98 Å². The Morgan fingerprint density at radius 2 is 1.91 bits per heavy atom. The van der Waals surface area contributed by atoms with Gasteiger partial charge in [0.05, 0.1) is 24.3 Å². The number of ether oxygens (including phenoxy) is 2. The fourth-order valence-electron chi connectivity index (χ4n) is 4.32. The number of Topliss-reactive ketones (excluding diaryl/α,β-unsaturated/α-hetero) is 1. The van der Waals surface area contributed by atoms with Crippen LogP contribution in [0, 0.1) is 0 Å². The van der Waals surface area contributed by atoms with Gasteiger partial charge in [0.25, 0.3) is 5.78 Å². The molecule has 2 unspecified atom stereocenters. The van der Waals surface area contributed by atoms with Gasteiger partial charge in [-0.25, -0.2) is 9.78 Å². The number of aliphatic hydroxyl groups is 1.